The van der Waals surface area contributed by atoms with Crippen LogP contribution in [-0.4, -0.2) is 38.7 Å². The second-order valence-electron chi connectivity index (χ2n) is 5.00. The second-order valence-corrected chi connectivity index (χ2v) is 5.43. The molecule has 2 N–H and O–H groups in total. The molecule has 0 aliphatic carbocycles. The van der Waals surface area contributed by atoms with Gasteiger partial charge in [-0.2, -0.15) is 0 Å². The largest absolute Gasteiger partial charge is 0.495 e. The predicted molar refractivity (Wildman–Crippen MR) is 83.2 cm³/mol. The molecule has 1 aliphatic rings. The number of hydrogen-bond donors (Lipinski definition) is 2. The molecule has 0 bridgehead atoms. The molecule has 1 saturated heterocycles. The lowest BCUT2D eigenvalue weighted by Gasteiger charge is -2.21. The van der Waals surface area contributed by atoms with Crippen molar-refractivity contribution in [3.8, 4) is 5.75 Å². The molecule has 0 radical (unpaired) electrons. The number of hydrogen-bond acceptors (Lipinski definition) is 4. The highest BCUT2D eigenvalue weighted by Gasteiger charge is 2.21. The van der Waals surface area contributed by atoms with Crippen LogP contribution >= 0.6 is 11.6 Å². The number of nitrogens with one attached hydrogen (secondary N) is 2. The van der Waals surface area contributed by atoms with Crippen LogP contribution in [0.1, 0.15) is 12.8 Å². The van der Waals surface area contributed by atoms with E-state index < -0.39 is 0 Å². The highest BCUT2D eigenvalue weighted by molar-refractivity contribution is 6.31. The Balaban J connectivity index is 1.85. The van der Waals surface area contributed by atoms with Crippen molar-refractivity contribution in [2.45, 2.75) is 12.8 Å². The van der Waals surface area contributed by atoms with Crippen LogP contribution in [0.2, 0.25) is 5.02 Å². The maximum absolute atomic E-state index is 11.9. The van der Waals surface area contributed by atoms with Gasteiger partial charge < -0.3 is 20.1 Å². The van der Waals surface area contributed by atoms with Gasteiger partial charge in [-0.1, -0.05) is 11.6 Å². The number of carbonyl (C=O) groups excluding carboxylic acids is 2. The summed E-state index contributed by atoms with van der Waals surface area (Å²) < 4.78 is 10.4. The first kappa shape index (κ1) is 16.6. The first-order valence-corrected chi connectivity index (χ1v) is 7.47. The minimum atomic E-state index is -0.332. The lowest BCUT2D eigenvalue weighted by Crippen LogP contribution is -2.38. The van der Waals surface area contributed by atoms with E-state index in [0.717, 1.165) is 0 Å². The lowest BCUT2D eigenvalue weighted by atomic mass is 9.99. The van der Waals surface area contributed by atoms with E-state index >= 15 is 0 Å². The molecule has 22 heavy (non-hydrogen) atoms. The summed E-state index contributed by atoms with van der Waals surface area (Å²) in [7, 11) is 1.51. The number of benzene rings is 1. The maximum Gasteiger partial charge on any atom is 0.243 e. The van der Waals surface area contributed by atoms with Crippen LogP contribution in [0.5, 0.6) is 5.75 Å². The van der Waals surface area contributed by atoms with Crippen LogP contribution in [0.3, 0.4) is 0 Å². The third-order valence-corrected chi connectivity index (χ3v) is 3.69. The molecule has 6 nitrogen and oxygen atoms in total. The Morgan fingerprint density at radius 1 is 1.36 bits per heavy atom. The monoisotopic (exact) mass is 326 g/mol. The first-order chi connectivity index (χ1) is 10.6. The summed E-state index contributed by atoms with van der Waals surface area (Å²) in [6, 6.07) is 4.93. The lowest BCUT2D eigenvalue weighted by molar-refractivity contribution is -0.129. The van der Waals surface area contributed by atoms with E-state index in [1.807, 2.05) is 0 Å². The molecule has 0 aromatic heterocycles. The van der Waals surface area contributed by atoms with E-state index in [1.54, 1.807) is 18.2 Å². The van der Waals surface area contributed by atoms with Gasteiger partial charge in [0.25, 0.3) is 0 Å². The number of anilines is 1. The summed E-state index contributed by atoms with van der Waals surface area (Å²) in [4.78, 5) is 23.9. The Kier molecular flexibility index (Phi) is 6.03. The van der Waals surface area contributed by atoms with Gasteiger partial charge in [-0.15, -0.1) is 0 Å². The summed E-state index contributed by atoms with van der Waals surface area (Å²) in [6.07, 6.45) is 1.38. The molecule has 120 valence electrons. The van der Waals surface area contributed by atoms with Gasteiger partial charge in [-0.25, -0.2) is 0 Å². The summed E-state index contributed by atoms with van der Waals surface area (Å²) >= 11 is 5.90. The average molecular weight is 327 g/mol. The van der Waals surface area contributed by atoms with Crippen LogP contribution < -0.4 is 15.4 Å². The fourth-order valence-corrected chi connectivity index (χ4v) is 2.42. The van der Waals surface area contributed by atoms with Crippen molar-refractivity contribution in [2.24, 2.45) is 5.92 Å². The highest BCUT2D eigenvalue weighted by Crippen LogP contribution is 2.27. The van der Waals surface area contributed by atoms with Crippen LogP contribution in [0.25, 0.3) is 0 Å². The molecule has 7 heteroatoms. The molecular formula is C15H19ClN2O4. The Bertz CT molecular complexity index is 544. The van der Waals surface area contributed by atoms with E-state index in [9.17, 15) is 9.59 Å². The smallest absolute Gasteiger partial charge is 0.243 e. The third-order valence-electron chi connectivity index (χ3n) is 3.45. The molecule has 2 amide bonds. The SMILES string of the molecule is COc1ccc(Cl)cc1NC(=O)CNC(=O)C1CCOCC1. The molecule has 1 aliphatic heterocycles. The van der Waals surface area contributed by atoms with Gasteiger partial charge in [0.2, 0.25) is 11.8 Å². The topological polar surface area (TPSA) is 76.7 Å². The van der Waals surface area contributed by atoms with Crippen molar-refractivity contribution in [3.63, 3.8) is 0 Å². The van der Waals surface area contributed by atoms with E-state index in [0.29, 0.717) is 42.5 Å². The van der Waals surface area contributed by atoms with E-state index in [1.165, 1.54) is 7.11 Å². The number of carbonyl (C=O) groups is 2. The van der Waals surface area contributed by atoms with Gasteiger partial charge in [-0.05, 0) is 31.0 Å². The van der Waals surface area contributed by atoms with Crippen LogP contribution in [0.4, 0.5) is 5.69 Å². The predicted octanol–water partition coefficient (Wildman–Crippen LogP) is 1.83. The quantitative estimate of drug-likeness (QED) is 0.865. The summed E-state index contributed by atoms with van der Waals surface area (Å²) in [5, 5.41) is 5.81. The first-order valence-electron chi connectivity index (χ1n) is 7.09. The molecule has 1 heterocycles. The number of halogens is 1. The standard InChI is InChI=1S/C15H19ClN2O4/c1-21-13-3-2-11(16)8-12(13)18-14(19)9-17-15(20)10-4-6-22-7-5-10/h2-3,8,10H,4-7,9H2,1H3,(H,17,20)(H,18,19). The molecule has 0 saturated carbocycles. The van der Waals surface area contributed by atoms with Gasteiger partial charge >= 0.3 is 0 Å². The fourth-order valence-electron chi connectivity index (χ4n) is 2.24. The van der Waals surface area contributed by atoms with E-state index in [2.05, 4.69) is 10.6 Å². The van der Waals surface area contributed by atoms with Crippen molar-refractivity contribution in [1.29, 1.82) is 0 Å². The Morgan fingerprint density at radius 3 is 2.77 bits per heavy atom. The molecule has 2 rings (SSSR count). The molecule has 1 aromatic rings. The molecule has 1 aromatic carbocycles. The van der Waals surface area contributed by atoms with Crippen LogP contribution in [-0.2, 0) is 14.3 Å². The van der Waals surface area contributed by atoms with Gasteiger partial charge in [0.1, 0.15) is 5.75 Å². The average Bonchev–Trinajstić information content (AvgIpc) is 2.53. The molecule has 1 fully saturated rings. The Hall–Kier alpha value is -1.79. The van der Waals surface area contributed by atoms with E-state index in [4.69, 9.17) is 21.1 Å². The third kappa shape index (κ3) is 4.61. The zero-order valence-electron chi connectivity index (χ0n) is 12.4. The van der Waals surface area contributed by atoms with Gasteiger partial charge in [0, 0.05) is 24.2 Å². The zero-order valence-corrected chi connectivity index (χ0v) is 13.1. The summed E-state index contributed by atoms with van der Waals surface area (Å²) in [5.41, 5.74) is 0.473. The van der Waals surface area contributed by atoms with E-state index in [-0.39, 0.29) is 24.3 Å². The van der Waals surface area contributed by atoms with Crippen molar-refractivity contribution in [2.75, 3.05) is 32.2 Å². The van der Waals surface area contributed by atoms with Crippen LogP contribution in [0.15, 0.2) is 18.2 Å². The molecular weight excluding hydrogens is 308 g/mol. The van der Waals surface area contributed by atoms with Gasteiger partial charge in [-0.3, -0.25) is 9.59 Å². The molecule has 0 spiro atoms. The number of rotatable bonds is 5. The zero-order chi connectivity index (χ0) is 15.9. The van der Waals surface area contributed by atoms with Crippen molar-refractivity contribution >= 4 is 29.1 Å². The van der Waals surface area contributed by atoms with Gasteiger partial charge in [0.05, 0.1) is 19.3 Å². The molecule has 0 unspecified atom stereocenters. The number of ether oxygens (including phenoxy) is 2. The fraction of sp³-hybridized carbons (Fsp3) is 0.467. The minimum absolute atomic E-state index is 0.0812. The van der Waals surface area contributed by atoms with Crippen molar-refractivity contribution in [1.82, 2.24) is 5.32 Å². The number of methoxy groups -OCH3 is 1. The Morgan fingerprint density at radius 2 is 2.09 bits per heavy atom. The second kappa shape index (κ2) is 8.00. The van der Waals surface area contributed by atoms with Crippen LogP contribution in [0, 0.1) is 5.92 Å². The van der Waals surface area contributed by atoms with Gasteiger partial charge in [0.15, 0.2) is 0 Å². The highest BCUT2D eigenvalue weighted by atomic mass is 35.5. The summed E-state index contributed by atoms with van der Waals surface area (Å²) in [6.45, 7) is 1.08. The minimum Gasteiger partial charge on any atom is -0.495 e. The normalized spacial score (nSPS) is 15.2. The Labute approximate surface area is 134 Å². The van der Waals surface area contributed by atoms with Crippen molar-refractivity contribution in [3.05, 3.63) is 23.2 Å². The summed E-state index contributed by atoms with van der Waals surface area (Å²) in [5.74, 6) is -0.0201. The number of amides is 2. The van der Waals surface area contributed by atoms with Crippen molar-refractivity contribution < 1.29 is 19.1 Å². The molecule has 0 atom stereocenters. The maximum atomic E-state index is 11.9.